The van der Waals surface area contributed by atoms with Crippen molar-refractivity contribution in [1.29, 1.82) is 0 Å². The van der Waals surface area contributed by atoms with Gasteiger partial charge in [-0.2, -0.15) is 0 Å². The zero-order valence-electron chi connectivity index (χ0n) is 41.9. The van der Waals surface area contributed by atoms with Crippen molar-refractivity contribution in [2.24, 2.45) is 22.9 Å². The second-order valence-corrected chi connectivity index (χ2v) is 20.0. The van der Waals surface area contributed by atoms with Gasteiger partial charge in [0.05, 0.1) is 23.2 Å². The number of fused-ring (bicyclic) bond motifs is 3. The van der Waals surface area contributed by atoms with E-state index >= 15 is 4.79 Å². The molecule has 0 saturated heterocycles. The van der Waals surface area contributed by atoms with Gasteiger partial charge in [0.1, 0.15) is 23.1 Å². The summed E-state index contributed by atoms with van der Waals surface area (Å²) in [5.41, 5.74) is 3.93. The Morgan fingerprint density at radius 1 is 0.932 bits per heavy atom. The summed E-state index contributed by atoms with van der Waals surface area (Å²) in [6, 6.07) is 34.2. The molecule has 3 aliphatic rings. The summed E-state index contributed by atoms with van der Waals surface area (Å²) in [7, 11) is 0. The third-order valence-corrected chi connectivity index (χ3v) is 14.0. The monoisotopic (exact) mass is 990 g/mol. The van der Waals surface area contributed by atoms with Gasteiger partial charge >= 0.3 is 6.09 Å². The molecule has 0 radical (unpaired) electrons. The summed E-state index contributed by atoms with van der Waals surface area (Å²) >= 11 is 0. The summed E-state index contributed by atoms with van der Waals surface area (Å²) < 4.78 is 20.7. The van der Waals surface area contributed by atoms with Gasteiger partial charge < -0.3 is 39.5 Å². The molecule has 3 N–H and O–H groups in total. The van der Waals surface area contributed by atoms with Crippen LogP contribution >= 0.6 is 0 Å². The van der Waals surface area contributed by atoms with E-state index in [2.05, 4.69) is 18.0 Å². The van der Waals surface area contributed by atoms with Gasteiger partial charge in [-0.05, 0) is 128 Å². The molecule has 73 heavy (non-hydrogen) atoms. The van der Waals surface area contributed by atoms with E-state index in [9.17, 15) is 25.1 Å². The van der Waals surface area contributed by atoms with E-state index in [1.54, 1.807) is 35.3 Å². The number of allylic oxidation sites excluding steroid dienone is 1. The quantitative estimate of drug-likeness (QED) is 0.0210. The topological polar surface area (TPSA) is 182 Å². The number of carbonyl (C=O) groups is 2. The number of amides is 2. The Labute approximate surface area is 427 Å². The number of ether oxygens (including phenoxy) is 3. The highest BCUT2D eigenvalue weighted by molar-refractivity contribution is 6.03. The first-order chi connectivity index (χ1) is 35.3. The molecule has 2 aliphatic carbocycles. The molecule has 5 aromatic rings. The van der Waals surface area contributed by atoms with Gasteiger partial charge in [0.25, 0.3) is 5.69 Å². The highest BCUT2D eigenvalue weighted by Gasteiger charge is 2.65. The Kier molecular flexibility index (Phi) is 16.9. The van der Waals surface area contributed by atoms with Crippen molar-refractivity contribution in [3.05, 3.63) is 178 Å². The van der Waals surface area contributed by atoms with Crippen molar-refractivity contribution in [1.82, 2.24) is 10.2 Å². The summed E-state index contributed by atoms with van der Waals surface area (Å²) in [6.07, 6.45) is 10.8. The fourth-order valence-corrected chi connectivity index (χ4v) is 10.7. The second kappa shape index (κ2) is 23.6. The molecule has 6 unspecified atom stereocenters. The SMILES string of the molecule is C=CCOC12Oc3ccc(OC(=O)NCc4ccccc4)cc3C3C(CCCCO)C(CCCCO)C=C(C(=NOC(C)(C)C)CC1N(Cc1cccc4ccccc14)C(=O)C=Cc1ccc([N+](=O)[O-])cc1)C32. The van der Waals surface area contributed by atoms with Crippen LogP contribution in [0.2, 0.25) is 0 Å². The van der Waals surface area contributed by atoms with Crippen molar-refractivity contribution < 1.29 is 43.8 Å². The molecule has 5 aromatic carbocycles. The lowest BCUT2D eigenvalue weighted by atomic mass is 9.55. The number of unbranched alkanes of at least 4 members (excludes halogenated alkanes) is 2. The van der Waals surface area contributed by atoms with Crippen LogP contribution in [0.3, 0.4) is 0 Å². The number of nitro benzene ring substituents is 1. The number of aliphatic hydroxyl groups excluding tert-OH is 2. The molecule has 6 atom stereocenters. The molecule has 1 aliphatic heterocycles. The first-order valence-corrected chi connectivity index (χ1v) is 25.3. The van der Waals surface area contributed by atoms with Crippen LogP contribution < -0.4 is 14.8 Å². The first kappa shape index (κ1) is 52.2. The standard InChI is InChI=1S/C59H66N4O10/c1-5-34-70-59-53(62(39-44-21-15-20-42-18-9-10-22-47(42)44)54(66)31-26-40-24-27-45(28-25-40)63(68)69)37-51(61-73-58(2,3)4)49-35-43(19-11-13-32-64)48(23-12-14-33-65)55(56(49)59)50-36-46(29-30-52(50)72-59)71-57(67)60-38-41-16-7-6-8-17-41/h5-10,15-18,20-22,24-31,35-36,43,48,53,55-56,64-65H,1,11-14,19,23,32-34,37-39H2,2-4H3,(H,60,67). The largest absolute Gasteiger partial charge is 0.459 e. The summed E-state index contributed by atoms with van der Waals surface area (Å²) in [6.45, 7) is 10.4. The normalized spacial score (nSPS) is 21.6. The average molecular weight is 991 g/mol. The third kappa shape index (κ3) is 12.2. The minimum Gasteiger partial charge on any atom is -0.459 e. The second-order valence-electron chi connectivity index (χ2n) is 20.0. The van der Waals surface area contributed by atoms with Crippen LogP contribution in [-0.4, -0.2) is 75.0 Å². The molecule has 0 bridgehead atoms. The highest BCUT2D eigenvalue weighted by Crippen LogP contribution is 2.62. The van der Waals surface area contributed by atoms with Gasteiger partial charge in [-0.1, -0.05) is 103 Å². The summed E-state index contributed by atoms with van der Waals surface area (Å²) in [5.74, 6) is -2.25. The lowest BCUT2D eigenvalue weighted by Gasteiger charge is -2.60. The minimum absolute atomic E-state index is 0.0287. The van der Waals surface area contributed by atoms with Gasteiger partial charge in [0.2, 0.25) is 11.7 Å². The molecule has 8 rings (SSSR count). The molecule has 1 fully saturated rings. The van der Waals surface area contributed by atoms with E-state index in [0.29, 0.717) is 42.0 Å². The molecule has 14 heteroatoms. The number of nitrogens with one attached hydrogen (secondary N) is 1. The molecule has 1 heterocycles. The number of hydrogen-bond donors (Lipinski definition) is 3. The van der Waals surface area contributed by atoms with E-state index in [1.165, 1.54) is 18.2 Å². The molecule has 0 aromatic heterocycles. The maximum atomic E-state index is 15.5. The first-order valence-electron chi connectivity index (χ1n) is 25.3. The molecular weight excluding hydrogens is 925 g/mol. The molecule has 1 saturated carbocycles. The Balaban J connectivity index is 1.33. The number of aliphatic hydroxyl groups is 2. The van der Waals surface area contributed by atoms with Crippen molar-refractivity contribution in [2.75, 3.05) is 19.8 Å². The van der Waals surface area contributed by atoms with E-state index in [0.717, 1.165) is 52.3 Å². The fourth-order valence-electron chi connectivity index (χ4n) is 10.7. The lowest BCUT2D eigenvalue weighted by Crippen LogP contribution is -2.70. The number of hydrogen-bond acceptors (Lipinski definition) is 11. The Morgan fingerprint density at radius 3 is 2.38 bits per heavy atom. The molecular formula is C59H66N4O10. The summed E-state index contributed by atoms with van der Waals surface area (Å²) in [5, 5.41) is 41.5. The average Bonchev–Trinajstić information content (AvgIpc) is 3.39. The number of rotatable bonds is 21. The Morgan fingerprint density at radius 2 is 1.66 bits per heavy atom. The van der Waals surface area contributed by atoms with Crippen molar-refractivity contribution in [2.45, 2.75) is 102 Å². The van der Waals surface area contributed by atoms with Crippen LogP contribution in [0.25, 0.3) is 16.8 Å². The number of oxime groups is 1. The Bertz CT molecular complexity index is 2830. The lowest BCUT2D eigenvalue weighted by molar-refractivity contribution is -0.384. The number of benzene rings is 5. The van der Waals surface area contributed by atoms with Crippen LogP contribution in [-0.2, 0) is 27.5 Å². The zero-order valence-corrected chi connectivity index (χ0v) is 41.9. The van der Waals surface area contributed by atoms with Crippen LogP contribution in [0.1, 0.15) is 93.9 Å². The van der Waals surface area contributed by atoms with E-state index < -0.39 is 34.4 Å². The van der Waals surface area contributed by atoms with Crippen molar-refractivity contribution in [3.8, 4) is 11.5 Å². The number of non-ortho nitro benzene ring substituents is 1. The van der Waals surface area contributed by atoms with Gasteiger partial charge in [-0.3, -0.25) is 14.9 Å². The van der Waals surface area contributed by atoms with Gasteiger partial charge in [0.15, 0.2) is 0 Å². The molecule has 14 nitrogen and oxygen atoms in total. The third-order valence-electron chi connectivity index (χ3n) is 14.0. The predicted molar refractivity (Wildman–Crippen MR) is 282 cm³/mol. The minimum atomic E-state index is -1.58. The van der Waals surface area contributed by atoms with Gasteiger partial charge in [-0.25, -0.2) is 4.79 Å². The predicted octanol–water partition coefficient (Wildman–Crippen LogP) is 11.2. The summed E-state index contributed by atoms with van der Waals surface area (Å²) in [4.78, 5) is 48.1. The number of nitro groups is 1. The van der Waals surface area contributed by atoms with Crippen LogP contribution in [0.15, 0.2) is 151 Å². The fraction of sp³-hybridized carbons (Fsp3) is 0.373. The van der Waals surface area contributed by atoms with E-state index in [4.69, 9.17) is 24.2 Å². The molecule has 382 valence electrons. The van der Waals surface area contributed by atoms with Crippen molar-refractivity contribution >= 4 is 40.2 Å². The maximum Gasteiger partial charge on any atom is 0.412 e. The van der Waals surface area contributed by atoms with Crippen molar-refractivity contribution in [3.63, 3.8) is 0 Å². The van der Waals surface area contributed by atoms with E-state index in [1.807, 2.05) is 106 Å². The van der Waals surface area contributed by atoms with E-state index in [-0.39, 0.29) is 68.7 Å². The highest BCUT2D eigenvalue weighted by atomic mass is 16.7. The Hall–Kier alpha value is -7.13. The smallest absolute Gasteiger partial charge is 0.412 e. The molecule has 2 amide bonds. The van der Waals surface area contributed by atoms with Crippen LogP contribution in [0.4, 0.5) is 10.5 Å². The van der Waals surface area contributed by atoms with Gasteiger partial charge in [-0.15, -0.1) is 6.58 Å². The maximum absolute atomic E-state index is 15.5. The van der Waals surface area contributed by atoms with Crippen LogP contribution in [0, 0.1) is 27.9 Å². The number of nitrogens with zero attached hydrogens (tertiary/aromatic N) is 3. The molecule has 0 spiro atoms. The zero-order chi connectivity index (χ0) is 51.5. The van der Waals surface area contributed by atoms with Crippen LogP contribution in [0.5, 0.6) is 11.5 Å². The van der Waals surface area contributed by atoms with Gasteiger partial charge in [0, 0.05) is 62.4 Å². The number of carbonyl (C=O) groups excluding carboxylic acids is 2.